The van der Waals surface area contributed by atoms with Crippen molar-refractivity contribution >= 4 is 27.4 Å². The van der Waals surface area contributed by atoms with Gasteiger partial charge in [0.05, 0.1) is 5.39 Å². The molecule has 0 fully saturated rings. The Morgan fingerprint density at radius 1 is 1.04 bits per heavy atom. The van der Waals surface area contributed by atoms with Crippen LogP contribution in [-0.2, 0) is 6.54 Å². The molecule has 0 atom stereocenters. The van der Waals surface area contributed by atoms with Gasteiger partial charge in [0, 0.05) is 30.9 Å². The van der Waals surface area contributed by atoms with E-state index in [1.54, 1.807) is 23.9 Å². The number of rotatable bonds is 4. The van der Waals surface area contributed by atoms with Crippen molar-refractivity contribution in [3.63, 3.8) is 0 Å². The van der Waals surface area contributed by atoms with E-state index < -0.39 is 0 Å². The Morgan fingerprint density at radius 2 is 1.92 bits per heavy atom. The molecule has 0 aliphatic carbocycles. The molecule has 0 unspecified atom stereocenters. The fourth-order valence-electron chi connectivity index (χ4n) is 2.73. The summed E-state index contributed by atoms with van der Waals surface area (Å²) in [5, 5.41) is 1.09. The summed E-state index contributed by atoms with van der Waals surface area (Å²) in [6.45, 7) is 0.760. The van der Waals surface area contributed by atoms with Crippen LogP contribution in [-0.4, -0.2) is 22.0 Å². The quantitative estimate of drug-likeness (QED) is 0.556. The van der Waals surface area contributed by atoms with Crippen LogP contribution < -0.4 is 4.90 Å². The molecular weight excluding hydrogens is 316 g/mol. The first kappa shape index (κ1) is 14.8. The van der Waals surface area contributed by atoms with Crippen molar-refractivity contribution in [3.05, 3.63) is 72.8 Å². The smallest absolute Gasteiger partial charge is 0.140 e. The molecule has 4 aromatic rings. The number of thiophene rings is 1. The molecule has 4 rings (SSSR count). The van der Waals surface area contributed by atoms with Crippen LogP contribution in [0.5, 0.6) is 0 Å². The van der Waals surface area contributed by atoms with Gasteiger partial charge in [-0.25, -0.2) is 9.97 Å². The number of benzene rings is 1. The highest BCUT2D eigenvalue weighted by molar-refractivity contribution is 7.21. The molecular formula is C19H16N4S. The summed E-state index contributed by atoms with van der Waals surface area (Å²) in [5.74, 6) is 0.947. The molecule has 5 heteroatoms. The number of hydrogen-bond acceptors (Lipinski definition) is 5. The van der Waals surface area contributed by atoms with Gasteiger partial charge >= 0.3 is 0 Å². The highest BCUT2D eigenvalue weighted by Crippen LogP contribution is 2.35. The fourth-order valence-corrected chi connectivity index (χ4v) is 3.73. The molecule has 24 heavy (non-hydrogen) atoms. The van der Waals surface area contributed by atoms with Gasteiger partial charge in [-0.1, -0.05) is 36.4 Å². The van der Waals surface area contributed by atoms with Gasteiger partial charge in [0.15, 0.2) is 0 Å². The van der Waals surface area contributed by atoms with E-state index in [-0.39, 0.29) is 0 Å². The second-order valence-corrected chi connectivity index (χ2v) is 6.64. The van der Waals surface area contributed by atoms with Crippen LogP contribution >= 0.6 is 11.3 Å². The van der Waals surface area contributed by atoms with Gasteiger partial charge in [0.25, 0.3) is 0 Å². The average molecular weight is 332 g/mol. The molecule has 0 N–H and O–H groups in total. The normalized spacial score (nSPS) is 10.9. The minimum atomic E-state index is 0.760. The number of anilines is 1. The summed E-state index contributed by atoms with van der Waals surface area (Å²) in [7, 11) is 2.05. The predicted molar refractivity (Wildman–Crippen MR) is 99.2 cm³/mol. The minimum Gasteiger partial charge on any atom is -0.355 e. The SMILES string of the molecule is CN(Cc1cccnc1)c1ncnc2sc(-c3ccccc3)cc12. The number of fused-ring (bicyclic) bond motifs is 1. The van der Waals surface area contributed by atoms with E-state index in [2.05, 4.69) is 63.3 Å². The molecule has 118 valence electrons. The highest BCUT2D eigenvalue weighted by Gasteiger charge is 2.13. The summed E-state index contributed by atoms with van der Waals surface area (Å²) in [6, 6.07) is 16.6. The lowest BCUT2D eigenvalue weighted by Crippen LogP contribution is -2.18. The van der Waals surface area contributed by atoms with Crippen molar-refractivity contribution in [1.29, 1.82) is 0 Å². The third-order valence-corrected chi connectivity index (χ3v) is 4.96. The Labute approximate surface area is 144 Å². The number of hydrogen-bond donors (Lipinski definition) is 0. The predicted octanol–water partition coefficient (Wildman–Crippen LogP) is 4.39. The van der Waals surface area contributed by atoms with Crippen molar-refractivity contribution in [2.45, 2.75) is 6.54 Å². The van der Waals surface area contributed by atoms with Crippen LogP contribution in [0.2, 0.25) is 0 Å². The molecule has 4 nitrogen and oxygen atoms in total. The van der Waals surface area contributed by atoms with E-state index in [0.29, 0.717) is 0 Å². The number of aromatic nitrogens is 3. The van der Waals surface area contributed by atoms with Crippen LogP contribution in [0.4, 0.5) is 5.82 Å². The highest BCUT2D eigenvalue weighted by atomic mass is 32.1. The molecule has 0 saturated carbocycles. The second-order valence-electron chi connectivity index (χ2n) is 5.61. The van der Waals surface area contributed by atoms with Gasteiger partial charge in [-0.15, -0.1) is 11.3 Å². The Morgan fingerprint density at radius 3 is 2.71 bits per heavy atom. The van der Waals surface area contributed by atoms with Gasteiger partial charge in [0.1, 0.15) is 17.0 Å². The van der Waals surface area contributed by atoms with Crippen LogP contribution in [0, 0.1) is 0 Å². The molecule has 3 aromatic heterocycles. The lowest BCUT2D eigenvalue weighted by atomic mass is 10.2. The molecule has 0 saturated heterocycles. The maximum absolute atomic E-state index is 4.51. The number of pyridine rings is 1. The van der Waals surface area contributed by atoms with Crippen LogP contribution in [0.15, 0.2) is 67.3 Å². The zero-order chi connectivity index (χ0) is 16.4. The standard InChI is InChI=1S/C19H16N4S/c1-23(12-14-6-5-9-20-11-14)18-16-10-17(15-7-3-2-4-8-15)24-19(16)22-13-21-18/h2-11,13H,12H2,1H3. The van der Waals surface area contributed by atoms with Gasteiger partial charge in [0.2, 0.25) is 0 Å². The van der Waals surface area contributed by atoms with Gasteiger partial charge in [-0.2, -0.15) is 0 Å². The molecule has 0 radical (unpaired) electrons. The Kier molecular flexibility index (Phi) is 3.92. The van der Waals surface area contributed by atoms with Crippen molar-refractivity contribution in [2.75, 3.05) is 11.9 Å². The Balaban J connectivity index is 1.72. The summed E-state index contributed by atoms with van der Waals surface area (Å²) in [5.41, 5.74) is 2.37. The Bertz CT molecular complexity index is 951. The third-order valence-electron chi connectivity index (χ3n) is 3.87. The first-order valence-electron chi connectivity index (χ1n) is 7.71. The molecule has 3 heterocycles. The third kappa shape index (κ3) is 2.86. The van der Waals surface area contributed by atoms with E-state index >= 15 is 0 Å². The van der Waals surface area contributed by atoms with E-state index in [9.17, 15) is 0 Å². The topological polar surface area (TPSA) is 41.9 Å². The molecule has 0 aliphatic rings. The van der Waals surface area contributed by atoms with E-state index in [0.717, 1.165) is 28.1 Å². The maximum atomic E-state index is 4.51. The number of nitrogens with zero attached hydrogens (tertiary/aromatic N) is 4. The molecule has 0 spiro atoms. The van der Waals surface area contributed by atoms with Crippen LogP contribution in [0.3, 0.4) is 0 Å². The van der Waals surface area contributed by atoms with Crippen LogP contribution in [0.25, 0.3) is 20.7 Å². The molecule has 0 aliphatic heterocycles. The molecule has 0 amide bonds. The average Bonchev–Trinajstić information content (AvgIpc) is 3.07. The zero-order valence-corrected chi connectivity index (χ0v) is 14.1. The van der Waals surface area contributed by atoms with E-state index in [4.69, 9.17) is 0 Å². The molecule has 0 bridgehead atoms. The summed E-state index contributed by atoms with van der Waals surface area (Å²) in [6.07, 6.45) is 5.32. The van der Waals surface area contributed by atoms with Crippen LogP contribution in [0.1, 0.15) is 5.56 Å². The zero-order valence-electron chi connectivity index (χ0n) is 13.3. The largest absolute Gasteiger partial charge is 0.355 e. The summed E-state index contributed by atoms with van der Waals surface area (Å²) in [4.78, 5) is 17.5. The van der Waals surface area contributed by atoms with Crippen molar-refractivity contribution in [3.8, 4) is 10.4 Å². The van der Waals surface area contributed by atoms with Crippen molar-refractivity contribution in [2.24, 2.45) is 0 Å². The minimum absolute atomic E-state index is 0.760. The van der Waals surface area contributed by atoms with Crippen molar-refractivity contribution in [1.82, 2.24) is 15.0 Å². The summed E-state index contributed by atoms with van der Waals surface area (Å²) < 4.78 is 0. The molecule has 1 aromatic carbocycles. The lowest BCUT2D eigenvalue weighted by molar-refractivity contribution is 0.894. The fraction of sp³-hybridized carbons (Fsp3) is 0.105. The monoisotopic (exact) mass is 332 g/mol. The van der Waals surface area contributed by atoms with Crippen molar-refractivity contribution < 1.29 is 0 Å². The lowest BCUT2D eigenvalue weighted by Gasteiger charge is -2.18. The maximum Gasteiger partial charge on any atom is 0.140 e. The summed E-state index contributed by atoms with van der Waals surface area (Å²) >= 11 is 1.70. The van der Waals surface area contributed by atoms with E-state index in [1.807, 2.05) is 18.3 Å². The first-order chi connectivity index (χ1) is 11.8. The second kappa shape index (κ2) is 6.37. The van der Waals surface area contributed by atoms with Gasteiger partial charge in [-0.3, -0.25) is 4.98 Å². The van der Waals surface area contributed by atoms with Gasteiger partial charge < -0.3 is 4.90 Å². The van der Waals surface area contributed by atoms with Gasteiger partial charge in [-0.05, 0) is 23.3 Å². The first-order valence-corrected chi connectivity index (χ1v) is 8.53. The van der Waals surface area contributed by atoms with E-state index in [1.165, 1.54) is 10.4 Å². The Hall–Kier alpha value is -2.79.